The number of hydrogen-bond acceptors (Lipinski definition) is 0. The van der Waals surface area contributed by atoms with Crippen LogP contribution in [0.5, 0.6) is 0 Å². The van der Waals surface area contributed by atoms with Crippen LogP contribution >= 0.6 is 0 Å². The molecule has 0 bridgehead atoms. The van der Waals surface area contributed by atoms with Gasteiger partial charge in [-0.25, -0.2) is 0 Å². The average Bonchev–Trinajstić information content (AvgIpc) is 1.55. The Morgan fingerprint density at radius 3 is 0.745 bits per heavy atom. The molecule has 15 aromatic carbocycles. The molecule has 0 N–H and O–H groups in total. The number of rotatable bonds is 9. The number of aromatic nitrogens is 4. The van der Waals surface area contributed by atoms with Crippen LogP contribution in [0.1, 0.15) is 0 Å². The van der Waals surface area contributed by atoms with Gasteiger partial charge in [0.25, 0.3) is 0 Å². The van der Waals surface area contributed by atoms with Gasteiger partial charge in [-0.3, -0.25) is 0 Å². The molecule has 0 fully saturated rings. The lowest BCUT2D eigenvalue weighted by atomic mass is 10.0. The molecular formula is C90H60N4. The van der Waals surface area contributed by atoms with Crippen LogP contribution in [0.25, 0.3) is 166 Å². The second-order valence-electron chi connectivity index (χ2n) is 24.4. The molecule has 19 rings (SSSR count). The van der Waals surface area contributed by atoms with E-state index in [-0.39, 0.29) is 0 Å². The molecule has 0 amide bonds. The molecule has 4 heteroatoms. The molecule has 0 atom stereocenters. The predicted molar refractivity (Wildman–Crippen MR) is 397 cm³/mol. The fourth-order valence-corrected chi connectivity index (χ4v) is 14.8. The van der Waals surface area contributed by atoms with Gasteiger partial charge in [0.05, 0.1) is 44.1 Å². The van der Waals surface area contributed by atoms with Gasteiger partial charge >= 0.3 is 0 Å². The van der Waals surface area contributed by atoms with Crippen LogP contribution < -0.4 is 0 Å². The predicted octanol–water partition coefficient (Wildman–Crippen LogP) is 24.1. The van der Waals surface area contributed by atoms with E-state index in [1.165, 1.54) is 149 Å². The molecule has 4 nitrogen and oxygen atoms in total. The van der Waals surface area contributed by atoms with Gasteiger partial charge in [0, 0.05) is 65.8 Å². The van der Waals surface area contributed by atoms with E-state index in [1.54, 1.807) is 0 Å². The lowest BCUT2D eigenvalue weighted by Gasteiger charge is -2.11. The van der Waals surface area contributed by atoms with E-state index in [2.05, 4.69) is 382 Å². The molecule has 0 unspecified atom stereocenters. The molecule has 0 aliphatic rings. The molecule has 0 aliphatic carbocycles. The van der Waals surface area contributed by atoms with Crippen molar-refractivity contribution in [1.82, 2.24) is 18.3 Å². The lowest BCUT2D eigenvalue weighted by Crippen LogP contribution is -1.95. The van der Waals surface area contributed by atoms with Crippen molar-refractivity contribution in [1.29, 1.82) is 0 Å². The van der Waals surface area contributed by atoms with Crippen LogP contribution in [0, 0.1) is 0 Å². The Morgan fingerprint density at radius 2 is 0.362 bits per heavy atom. The van der Waals surface area contributed by atoms with Crippen LogP contribution in [0.15, 0.2) is 364 Å². The monoisotopic (exact) mass is 1200 g/mol. The first kappa shape index (κ1) is 54.4. The Balaban J connectivity index is 0.000000139. The van der Waals surface area contributed by atoms with Crippen LogP contribution in [-0.2, 0) is 0 Å². The van der Waals surface area contributed by atoms with Crippen molar-refractivity contribution in [3.05, 3.63) is 364 Å². The Kier molecular flexibility index (Phi) is 13.2. The summed E-state index contributed by atoms with van der Waals surface area (Å²) in [7, 11) is 0. The summed E-state index contributed by atoms with van der Waals surface area (Å²) in [6.45, 7) is 0. The molecule has 440 valence electrons. The molecule has 0 spiro atoms. The molecule has 0 saturated heterocycles. The Bertz CT molecular complexity index is 6020. The first-order valence-corrected chi connectivity index (χ1v) is 32.3. The van der Waals surface area contributed by atoms with Gasteiger partial charge < -0.3 is 18.3 Å². The SMILES string of the molecule is c1ccc(-c2ccc(-n3c4ccccc4c4c5c6cc(-c7ccccc7)ccc6n(-c6cccc(-c7ccccc7)c6)c5ccc43)cc2)cc1.c1ccc(-c2ccc(-n3c4ccccc4c4c5c6cc(-c7ccccc7)ccc6n(-c6ccccc6)c5ccc43)cc2)cc1. The van der Waals surface area contributed by atoms with Crippen molar-refractivity contribution in [2.24, 2.45) is 0 Å². The normalized spacial score (nSPS) is 11.6. The first-order chi connectivity index (χ1) is 46.7. The first-order valence-electron chi connectivity index (χ1n) is 32.3. The minimum Gasteiger partial charge on any atom is -0.309 e. The molecule has 94 heavy (non-hydrogen) atoms. The smallest absolute Gasteiger partial charge is 0.0548 e. The molecule has 4 aromatic heterocycles. The summed E-state index contributed by atoms with van der Waals surface area (Å²) in [5.74, 6) is 0. The highest BCUT2D eigenvalue weighted by Gasteiger charge is 2.24. The van der Waals surface area contributed by atoms with E-state index in [0.29, 0.717) is 0 Å². The van der Waals surface area contributed by atoms with Crippen molar-refractivity contribution < 1.29 is 0 Å². The Morgan fingerprint density at radius 1 is 0.128 bits per heavy atom. The third-order valence-corrected chi connectivity index (χ3v) is 19.0. The summed E-state index contributed by atoms with van der Waals surface area (Å²) in [5.41, 5.74) is 26.5. The highest BCUT2D eigenvalue weighted by Crippen LogP contribution is 2.46. The minimum atomic E-state index is 1.15. The quantitative estimate of drug-likeness (QED) is 0.137. The van der Waals surface area contributed by atoms with Gasteiger partial charge in [-0.2, -0.15) is 0 Å². The van der Waals surface area contributed by atoms with Gasteiger partial charge in [0.1, 0.15) is 0 Å². The third-order valence-electron chi connectivity index (χ3n) is 19.0. The summed E-state index contributed by atoms with van der Waals surface area (Å²) in [6.07, 6.45) is 0. The summed E-state index contributed by atoms with van der Waals surface area (Å²) in [5, 5.41) is 10.2. The maximum atomic E-state index is 2.45. The molecule has 4 heterocycles. The van der Waals surface area contributed by atoms with Crippen LogP contribution in [0.3, 0.4) is 0 Å². The molecule has 0 saturated carbocycles. The fraction of sp³-hybridized carbons (Fsp3) is 0. The van der Waals surface area contributed by atoms with E-state index < -0.39 is 0 Å². The summed E-state index contributed by atoms with van der Waals surface area (Å²) in [6, 6.07) is 132. The summed E-state index contributed by atoms with van der Waals surface area (Å²) < 4.78 is 9.72. The van der Waals surface area contributed by atoms with Gasteiger partial charge in [-0.15, -0.1) is 0 Å². The van der Waals surface area contributed by atoms with Crippen molar-refractivity contribution >= 4 is 87.2 Å². The maximum absolute atomic E-state index is 2.45. The maximum Gasteiger partial charge on any atom is 0.0548 e. The van der Waals surface area contributed by atoms with Gasteiger partial charge in [0.15, 0.2) is 0 Å². The number of fused-ring (bicyclic) bond motifs is 14. The molecule has 19 aromatic rings. The van der Waals surface area contributed by atoms with E-state index in [1.807, 2.05) is 0 Å². The molecular weight excluding hydrogens is 1140 g/mol. The Labute approximate surface area is 544 Å². The highest BCUT2D eigenvalue weighted by atomic mass is 15.0. The second-order valence-corrected chi connectivity index (χ2v) is 24.4. The molecule has 0 aliphatic heterocycles. The lowest BCUT2D eigenvalue weighted by molar-refractivity contribution is 1.17. The van der Waals surface area contributed by atoms with Crippen LogP contribution in [-0.4, -0.2) is 18.3 Å². The van der Waals surface area contributed by atoms with Gasteiger partial charge in [0.2, 0.25) is 0 Å². The van der Waals surface area contributed by atoms with E-state index in [9.17, 15) is 0 Å². The average molecular weight is 1200 g/mol. The van der Waals surface area contributed by atoms with Gasteiger partial charge in [-0.1, -0.05) is 255 Å². The highest BCUT2D eigenvalue weighted by molar-refractivity contribution is 6.30. The van der Waals surface area contributed by atoms with E-state index in [4.69, 9.17) is 0 Å². The second kappa shape index (κ2) is 22.8. The zero-order valence-corrected chi connectivity index (χ0v) is 51.4. The standard InChI is InChI=1S/C48H32N2.C42H28N2/c1-4-13-33(14-5-1)36-23-26-39(27-24-36)49-43-22-11-10-21-41(43)47-45(49)29-30-46-48(47)42-32-38(35-17-8-3-9-18-35)25-28-44(42)50(46)40-20-12-19-37(31-40)34-15-6-2-7-16-34;1-4-12-29(13-5-1)31-20-23-34(24-21-31)44-37-19-11-10-18-35(37)41-39(44)26-27-40-42(41)36-28-32(30-14-6-2-7-15-30)22-25-38(36)43(40)33-16-8-3-9-17-33/h1-32H;1-28H. The number of hydrogen-bond donors (Lipinski definition) is 0. The third kappa shape index (κ3) is 9.14. The number of para-hydroxylation sites is 3. The van der Waals surface area contributed by atoms with Crippen LogP contribution in [0.4, 0.5) is 0 Å². The molecule has 0 radical (unpaired) electrons. The van der Waals surface area contributed by atoms with Crippen molar-refractivity contribution in [2.75, 3.05) is 0 Å². The fourth-order valence-electron chi connectivity index (χ4n) is 14.8. The minimum absolute atomic E-state index is 1.15. The number of nitrogens with zero attached hydrogens (tertiary/aromatic N) is 4. The largest absolute Gasteiger partial charge is 0.309 e. The topological polar surface area (TPSA) is 19.7 Å². The van der Waals surface area contributed by atoms with Gasteiger partial charge in [-0.05, 0) is 165 Å². The van der Waals surface area contributed by atoms with Crippen molar-refractivity contribution in [3.63, 3.8) is 0 Å². The van der Waals surface area contributed by atoms with Crippen molar-refractivity contribution in [3.8, 4) is 78.4 Å². The summed E-state index contributed by atoms with van der Waals surface area (Å²) >= 11 is 0. The van der Waals surface area contributed by atoms with Crippen molar-refractivity contribution in [2.45, 2.75) is 0 Å². The van der Waals surface area contributed by atoms with Crippen LogP contribution in [0.2, 0.25) is 0 Å². The van der Waals surface area contributed by atoms with E-state index >= 15 is 0 Å². The Hall–Kier alpha value is -12.5. The zero-order valence-electron chi connectivity index (χ0n) is 51.4. The summed E-state index contributed by atoms with van der Waals surface area (Å²) in [4.78, 5) is 0. The zero-order chi connectivity index (χ0) is 62.1. The number of benzene rings is 15. The van der Waals surface area contributed by atoms with E-state index in [0.717, 1.165) is 17.1 Å².